The minimum atomic E-state index is -0.152. The molecule has 1 aromatic heterocycles. The molecule has 2 N–H and O–H groups in total. The van der Waals surface area contributed by atoms with Gasteiger partial charge in [0, 0.05) is 30.9 Å². The topological polar surface area (TPSA) is 76.0 Å². The van der Waals surface area contributed by atoms with Gasteiger partial charge in [-0.05, 0) is 19.8 Å². The molecular formula is C13H20N4O2. The molecule has 1 aromatic rings. The van der Waals surface area contributed by atoms with Gasteiger partial charge in [0.05, 0.1) is 6.33 Å². The normalized spacial score (nSPS) is 15.4. The van der Waals surface area contributed by atoms with Crippen LogP contribution in [0.3, 0.4) is 0 Å². The molecule has 2 rings (SSSR count). The van der Waals surface area contributed by atoms with Crippen LogP contribution >= 0.6 is 0 Å². The van der Waals surface area contributed by atoms with E-state index in [1.165, 1.54) is 23.7 Å². The second-order valence-electron chi connectivity index (χ2n) is 4.96. The molecule has 1 heterocycles. The van der Waals surface area contributed by atoms with E-state index in [9.17, 15) is 9.59 Å². The highest BCUT2D eigenvalue weighted by Gasteiger charge is 2.16. The van der Waals surface area contributed by atoms with Crippen LogP contribution in [0.4, 0.5) is 4.79 Å². The fourth-order valence-electron chi connectivity index (χ4n) is 2.32. The van der Waals surface area contributed by atoms with Crippen LogP contribution < -0.4 is 16.2 Å². The van der Waals surface area contributed by atoms with Gasteiger partial charge in [-0.2, -0.15) is 0 Å². The van der Waals surface area contributed by atoms with Gasteiger partial charge in [0.1, 0.15) is 0 Å². The molecule has 1 aliphatic carbocycles. The SMILES string of the molecule is Cc1cncn(CCNC(=O)NC2CCCC2)c1=O. The number of carbonyl (C=O) groups excluding carboxylic acids is 1. The maximum absolute atomic E-state index is 11.7. The van der Waals surface area contributed by atoms with Gasteiger partial charge in [-0.25, -0.2) is 9.78 Å². The summed E-state index contributed by atoms with van der Waals surface area (Å²) < 4.78 is 1.51. The highest BCUT2D eigenvalue weighted by molar-refractivity contribution is 5.74. The Bertz CT molecular complexity index is 492. The van der Waals surface area contributed by atoms with Crippen LogP contribution in [0.25, 0.3) is 0 Å². The van der Waals surface area contributed by atoms with Crippen molar-refractivity contribution in [3.8, 4) is 0 Å². The largest absolute Gasteiger partial charge is 0.336 e. The second-order valence-corrected chi connectivity index (χ2v) is 4.96. The van der Waals surface area contributed by atoms with Crippen molar-refractivity contribution in [3.63, 3.8) is 0 Å². The lowest BCUT2D eigenvalue weighted by molar-refractivity contribution is 0.236. The van der Waals surface area contributed by atoms with E-state index >= 15 is 0 Å². The van der Waals surface area contributed by atoms with Crippen molar-refractivity contribution in [1.29, 1.82) is 0 Å². The number of amides is 2. The minimum Gasteiger partial charge on any atom is -0.336 e. The van der Waals surface area contributed by atoms with E-state index in [2.05, 4.69) is 15.6 Å². The number of carbonyl (C=O) groups is 1. The number of nitrogens with one attached hydrogen (secondary N) is 2. The maximum Gasteiger partial charge on any atom is 0.315 e. The lowest BCUT2D eigenvalue weighted by atomic mass is 10.2. The number of rotatable bonds is 4. The predicted octanol–water partition coefficient (Wildman–Crippen LogP) is 0.794. The first kappa shape index (κ1) is 13.6. The molecule has 104 valence electrons. The van der Waals surface area contributed by atoms with Gasteiger partial charge in [0.2, 0.25) is 0 Å². The molecule has 0 aliphatic heterocycles. The van der Waals surface area contributed by atoms with Crippen molar-refractivity contribution in [2.45, 2.75) is 45.2 Å². The Labute approximate surface area is 112 Å². The molecule has 19 heavy (non-hydrogen) atoms. The highest BCUT2D eigenvalue weighted by atomic mass is 16.2. The average molecular weight is 264 g/mol. The smallest absolute Gasteiger partial charge is 0.315 e. The number of urea groups is 1. The third-order valence-electron chi connectivity index (χ3n) is 3.40. The predicted molar refractivity (Wildman–Crippen MR) is 72.0 cm³/mol. The molecule has 0 spiro atoms. The van der Waals surface area contributed by atoms with Gasteiger partial charge >= 0.3 is 6.03 Å². The summed E-state index contributed by atoms with van der Waals surface area (Å²) in [7, 11) is 0. The van der Waals surface area contributed by atoms with E-state index in [1.54, 1.807) is 13.1 Å². The van der Waals surface area contributed by atoms with Gasteiger partial charge < -0.3 is 10.6 Å². The lowest BCUT2D eigenvalue weighted by Crippen LogP contribution is -2.42. The molecule has 1 fully saturated rings. The fraction of sp³-hybridized carbons (Fsp3) is 0.615. The van der Waals surface area contributed by atoms with Crippen molar-refractivity contribution in [2.75, 3.05) is 6.54 Å². The van der Waals surface area contributed by atoms with Crippen molar-refractivity contribution >= 4 is 6.03 Å². The molecule has 2 amide bonds. The number of aryl methyl sites for hydroxylation is 1. The summed E-state index contributed by atoms with van der Waals surface area (Å²) in [4.78, 5) is 27.3. The van der Waals surface area contributed by atoms with Gasteiger partial charge in [0.15, 0.2) is 0 Å². The van der Waals surface area contributed by atoms with E-state index in [0.717, 1.165) is 12.8 Å². The first-order valence-corrected chi connectivity index (χ1v) is 6.72. The van der Waals surface area contributed by atoms with Crippen LogP contribution in [-0.4, -0.2) is 28.2 Å². The van der Waals surface area contributed by atoms with Gasteiger partial charge in [-0.15, -0.1) is 0 Å². The molecule has 0 bridgehead atoms. The number of nitrogens with zero attached hydrogens (tertiary/aromatic N) is 2. The Morgan fingerprint density at radius 3 is 2.95 bits per heavy atom. The van der Waals surface area contributed by atoms with Crippen LogP contribution in [0, 0.1) is 6.92 Å². The monoisotopic (exact) mass is 264 g/mol. The molecule has 1 saturated carbocycles. The fourth-order valence-corrected chi connectivity index (χ4v) is 2.32. The molecule has 0 radical (unpaired) electrons. The van der Waals surface area contributed by atoms with Crippen molar-refractivity contribution in [2.24, 2.45) is 0 Å². The van der Waals surface area contributed by atoms with E-state index in [4.69, 9.17) is 0 Å². The van der Waals surface area contributed by atoms with Crippen LogP contribution in [0.1, 0.15) is 31.2 Å². The number of hydrogen-bond donors (Lipinski definition) is 2. The van der Waals surface area contributed by atoms with E-state index < -0.39 is 0 Å². The van der Waals surface area contributed by atoms with Crippen LogP contribution in [0.5, 0.6) is 0 Å². The summed E-state index contributed by atoms with van der Waals surface area (Å²) in [5, 5.41) is 5.71. The summed E-state index contributed by atoms with van der Waals surface area (Å²) in [6, 6.07) is 0.156. The standard InChI is InChI=1S/C13H20N4O2/c1-10-8-14-9-17(12(10)18)7-6-15-13(19)16-11-4-2-3-5-11/h8-9,11H,2-7H2,1H3,(H2,15,16,19). The summed E-state index contributed by atoms with van der Waals surface area (Å²) in [5.74, 6) is 0. The first-order valence-electron chi connectivity index (χ1n) is 6.72. The van der Waals surface area contributed by atoms with E-state index in [-0.39, 0.29) is 11.6 Å². The lowest BCUT2D eigenvalue weighted by Gasteiger charge is -2.13. The third kappa shape index (κ3) is 3.81. The first-order chi connectivity index (χ1) is 9.16. The summed E-state index contributed by atoms with van der Waals surface area (Å²) in [6.07, 6.45) is 7.54. The average Bonchev–Trinajstić information content (AvgIpc) is 2.87. The van der Waals surface area contributed by atoms with Crippen LogP contribution in [-0.2, 0) is 6.54 Å². The van der Waals surface area contributed by atoms with Gasteiger partial charge in [0.25, 0.3) is 5.56 Å². The summed E-state index contributed by atoms with van der Waals surface area (Å²) in [6.45, 7) is 2.58. The zero-order valence-corrected chi connectivity index (χ0v) is 11.2. The third-order valence-corrected chi connectivity index (χ3v) is 3.40. The van der Waals surface area contributed by atoms with Crippen molar-refractivity contribution in [3.05, 3.63) is 28.4 Å². The maximum atomic E-state index is 11.7. The Morgan fingerprint density at radius 2 is 2.21 bits per heavy atom. The molecule has 0 atom stereocenters. The van der Waals surface area contributed by atoms with Gasteiger partial charge in [-0.1, -0.05) is 12.8 Å². The summed E-state index contributed by atoms with van der Waals surface area (Å²) >= 11 is 0. The Morgan fingerprint density at radius 1 is 1.47 bits per heavy atom. The molecule has 6 nitrogen and oxygen atoms in total. The molecule has 0 aromatic carbocycles. The minimum absolute atomic E-state index is 0.0620. The van der Waals surface area contributed by atoms with Gasteiger partial charge in [-0.3, -0.25) is 9.36 Å². The second kappa shape index (κ2) is 6.36. The Kier molecular flexibility index (Phi) is 4.54. The Balaban J connectivity index is 1.75. The van der Waals surface area contributed by atoms with Crippen LogP contribution in [0.2, 0.25) is 0 Å². The molecule has 1 aliphatic rings. The van der Waals surface area contributed by atoms with Crippen molar-refractivity contribution < 1.29 is 4.79 Å². The van der Waals surface area contributed by atoms with E-state index in [1.807, 2.05) is 0 Å². The molecular weight excluding hydrogens is 244 g/mol. The number of aromatic nitrogens is 2. The zero-order chi connectivity index (χ0) is 13.7. The van der Waals surface area contributed by atoms with Crippen molar-refractivity contribution in [1.82, 2.24) is 20.2 Å². The molecule has 6 heteroatoms. The zero-order valence-electron chi connectivity index (χ0n) is 11.2. The summed E-state index contributed by atoms with van der Waals surface area (Å²) in [5.41, 5.74) is 0.547. The van der Waals surface area contributed by atoms with Crippen LogP contribution in [0.15, 0.2) is 17.3 Å². The Hall–Kier alpha value is -1.85. The van der Waals surface area contributed by atoms with E-state index in [0.29, 0.717) is 24.7 Å². The quantitative estimate of drug-likeness (QED) is 0.844. The molecule has 0 unspecified atom stereocenters. The number of hydrogen-bond acceptors (Lipinski definition) is 3. The highest BCUT2D eigenvalue weighted by Crippen LogP contribution is 2.17. The molecule has 0 saturated heterocycles.